The maximum absolute atomic E-state index is 12.2. The van der Waals surface area contributed by atoms with Gasteiger partial charge in [-0.15, -0.1) is 5.10 Å². The van der Waals surface area contributed by atoms with Gasteiger partial charge in [-0.05, 0) is 50.1 Å². The topological polar surface area (TPSA) is 92.3 Å². The van der Waals surface area contributed by atoms with Crippen LogP contribution in [0, 0.1) is 12.8 Å². The summed E-state index contributed by atoms with van der Waals surface area (Å²) in [5.41, 5.74) is 0.646. The molecule has 0 atom stereocenters. The molecule has 1 aromatic rings. The second-order valence-electron chi connectivity index (χ2n) is 5.98. The Morgan fingerprint density at radius 1 is 1.32 bits per heavy atom. The van der Waals surface area contributed by atoms with E-state index in [0.717, 1.165) is 37.2 Å². The number of carbonyl (C=O) groups excluding carboxylic acids is 1. The number of carbonyl (C=O) groups is 1. The summed E-state index contributed by atoms with van der Waals surface area (Å²) in [5.74, 6) is 0.191. The highest BCUT2D eigenvalue weighted by atomic mass is 32.2. The molecule has 9 heteroatoms. The molecule has 2 aliphatic rings. The molecule has 122 valence electrons. The summed E-state index contributed by atoms with van der Waals surface area (Å²) in [7, 11) is -3.05. The molecule has 0 bridgehead atoms. The van der Waals surface area contributed by atoms with E-state index >= 15 is 0 Å². The van der Waals surface area contributed by atoms with Gasteiger partial charge in [0.05, 0.1) is 10.9 Å². The second kappa shape index (κ2) is 6.21. The van der Waals surface area contributed by atoms with Gasteiger partial charge in [-0.3, -0.25) is 4.79 Å². The van der Waals surface area contributed by atoms with E-state index in [1.165, 1.54) is 0 Å². The third-order valence-corrected chi connectivity index (χ3v) is 7.51. The van der Waals surface area contributed by atoms with Gasteiger partial charge in [0.1, 0.15) is 4.88 Å². The van der Waals surface area contributed by atoms with Crippen molar-refractivity contribution >= 4 is 27.5 Å². The monoisotopic (exact) mass is 344 g/mol. The van der Waals surface area contributed by atoms with Crippen LogP contribution in [-0.4, -0.2) is 53.1 Å². The third-order valence-electron chi connectivity index (χ3n) is 4.29. The van der Waals surface area contributed by atoms with Crippen LogP contribution >= 0.6 is 11.5 Å². The van der Waals surface area contributed by atoms with Crippen LogP contribution < -0.4 is 5.32 Å². The van der Waals surface area contributed by atoms with Gasteiger partial charge in [-0.25, -0.2) is 12.7 Å². The Bertz CT molecular complexity index is 646. The number of hydrogen-bond donors (Lipinski definition) is 1. The fourth-order valence-corrected chi connectivity index (χ4v) is 5.15. The van der Waals surface area contributed by atoms with E-state index in [4.69, 9.17) is 0 Å². The first kappa shape index (κ1) is 15.8. The molecular formula is C13H20N4O3S2. The predicted octanol–water partition coefficient (Wildman–Crippen LogP) is 0.781. The molecule has 1 aliphatic carbocycles. The first-order valence-electron chi connectivity index (χ1n) is 7.54. The molecule has 0 radical (unpaired) electrons. The number of amides is 1. The number of hydrogen-bond acceptors (Lipinski definition) is 6. The molecule has 2 fully saturated rings. The number of nitrogens with zero attached hydrogens (tertiary/aromatic N) is 3. The van der Waals surface area contributed by atoms with Crippen molar-refractivity contribution in [3.63, 3.8) is 0 Å². The summed E-state index contributed by atoms with van der Waals surface area (Å²) in [6.07, 6.45) is 3.21. The zero-order chi connectivity index (χ0) is 15.7. The van der Waals surface area contributed by atoms with Crippen molar-refractivity contribution in [3.8, 4) is 0 Å². The average Bonchev–Trinajstić information content (AvgIpc) is 3.28. The Hall–Kier alpha value is -1.06. The number of piperidine rings is 1. The molecule has 0 aromatic carbocycles. The quantitative estimate of drug-likeness (QED) is 0.852. The summed E-state index contributed by atoms with van der Waals surface area (Å²) < 4.78 is 29.7. The summed E-state index contributed by atoms with van der Waals surface area (Å²) in [6.45, 7) is 3.48. The van der Waals surface area contributed by atoms with Gasteiger partial charge in [-0.1, -0.05) is 4.49 Å². The Labute approximate surface area is 134 Å². The highest BCUT2D eigenvalue weighted by Crippen LogP contribution is 2.33. The number of sulfonamides is 1. The van der Waals surface area contributed by atoms with E-state index in [0.29, 0.717) is 36.1 Å². The number of rotatable bonds is 5. The van der Waals surface area contributed by atoms with Crippen molar-refractivity contribution in [1.29, 1.82) is 0 Å². The lowest BCUT2D eigenvalue weighted by Crippen LogP contribution is -2.42. The molecule has 0 unspecified atom stereocenters. The second-order valence-corrected chi connectivity index (χ2v) is 8.95. The van der Waals surface area contributed by atoms with Crippen LogP contribution in [0.3, 0.4) is 0 Å². The van der Waals surface area contributed by atoms with Crippen LogP contribution in [0.25, 0.3) is 0 Å². The maximum Gasteiger partial charge on any atom is 0.264 e. The third kappa shape index (κ3) is 3.31. The van der Waals surface area contributed by atoms with E-state index in [9.17, 15) is 13.2 Å². The van der Waals surface area contributed by atoms with Crippen LogP contribution in [0.15, 0.2) is 0 Å². The molecule has 3 rings (SSSR count). The smallest absolute Gasteiger partial charge is 0.264 e. The minimum Gasteiger partial charge on any atom is -0.351 e. The van der Waals surface area contributed by atoms with Gasteiger partial charge in [0.25, 0.3) is 5.91 Å². The van der Waals surface area contributed by atoms with Crippen LogP contribution in [-0.2, 0) is 10.0 Å². The van der Waals surface area contributed by atoms with Crippen LogP contribution in [0.4, 0.5) is 0 Å². The van der Waals surface area contributed by atoms with Gasteiger partial charge in [0.2, 0.25) is 10.0 Å². The summed E-state index contributed by atoms with van der Waals surface area (Å²) in [4.78, 5) is 12.6. The van der Waals surface area contributed by atoms with Crippen molar-refractivity contribution in [2.24, 2.45) is 5.92 Å². The van der Waals surface area contributed by atoms with Gasteiger partial charge in [0.15, 0.2) is 0 Å². The van der Waals surface area contributed by atoms with Crippen molar-refractivity contribution in [3.05, 3.63) is 10.6 Å². The van der Waals surface area contributed by atoms with E-state index in [2.05, 4.69) is 14.9 Å². The molecule has 1 saturated heterocycles. The molecule has 1 N–H and O–H groups in total. The summed E-state index contributed by atoms with van der Waals surface area (Å²) in [6, 6.07) is 0. The number of aryl methyl sites for hydroxylation is 1. The summed E-state index contributed by atoms with van der Waals surface area (Å²) in [5, 5.41) is 6.60. The Morgan fingerprint density at radius 3 is 2.55 bits per heavy atom. The van der Waals surface area contributed by atoms with Crippen LogP contribution in [0.1, 0.15) is 41.0 Å². The lowest BCUT2D eigenvalue weighted by molar-refractivity contribution is 0.0945. The zero-order valence-electron chi connectivity index (χ0n) is 12.5. The molecule has 1 aromatic heterocycles. The SMILES string of the molecule is Cc1nnsc1C(=O)NCC1CCN(S(=O)(=O)C2CC2)CC1. The molecule has 0 spiro atoms. The van der Waals surface area contributed by atoms with Crippen LogP contribution in [0.5, 0.6) is 0 Å². The molecule has 22 heavy (non-hydrogen) atoms. The molecule has 1 saturated carbocycles. The van der Waals surface area contributed by atoms with Crippen LogP contribution in [0.2, 0.25) is 0 Å². The predicted molar refractivity (Wildman–Crippen MR) is 83.2 cm³/mol. The van der Waals surface area contributed by atoms with Crippen molar-refractivity contribution in [1.82, 2.24) is 19.2 Å². The fraction of sp³-hybridized carbons (Fsp3) is 0.769. The lowest BCUT2D eigenvalue weighted by Gasteiger charge is -2.31. The molecule has 7 nitrogen and oxygen atoms in total. The molecular weight excluding hydrogens is 324 g/mol. The number of aromatic nitrogens is 2. The fourth-order valence-electron chi connectivity index (χ4n) is 2.70. The molecule has 1 aliphatic heterocycles. The molecule has 1 amide bonds. The van der Waals surface area contributed by atoms with E-state index in [1.807, 2.05) is 0 Å². The first-order chi connectivity index (χ1) is 10.5. The van der Waals surface area contributed by atoms with E-state index in [-0.39, 0.29) is 11.2 Å². The molecule has 2 heterocycles. The van der Waals surface area contributed by atoms with E-state index in [1.54, 1.807) is 11.2 Å². The zero-order valence-corrected chi connectivity index (χ0v) is 14.1. The van der Waals surface area contributed by atoms with Gasteiger partial charge in [0, 0.05) is 19.6 Å². The van der Waals surface area contributed by atoms with Gasteiger partial charge < -0.3 is 5.32 Å². The van der Waals surface area contributed by atoms with Crippen molar-refractivity contribution < 1.29 is 13.2 Å². The van der Waals surface area contributed by atoms with Gasteiger partial charge >= 0.3 is 0 Å². The normalized spacial score (nSPS) is 21.0. The number of nitrogens with one attached hydrogen (secondary N) is 1. The highest BCUT2D eigenvalue weighted by molar-refractivity contribution is 7.90. The lowest BCUT2D eigenvalue weighted by atomic mass is 9.98. The van der Waals surface area contributed by atoms with Crippen molar-refractivity contribution in [2.45, 2.75) is 37.9 Å². The minimum absolute atomic E-state index is 0.134. The summed E-state index contributed by atoms with van der Waals surface area (Å²) >= 11 is 1.10. The standard InChI is InChI=1S/C13H20N4O3S2/c1-9-12(21-16-15-9)13(18)14-8-10-4-6-17(7-5-10)22(19,20)11-2-3-11/h10-11H,2-8H2,1H3,(H,14,18). The average molecular weight is 344 g/mol. The van der Waals surface area contributed by atoms with Crippen molar-refractivity contribution in [2.75, 3.05) is 19.6 Å². The van der Waals surface area contributed by atoms with E-state index < -0.39 is 10.0 Å². The Morgan fingerprint density at radius 2 is 2.00 bits per heavy atom. The Balaban J connectivity index is 1.46. The first-order valence-corrected chi connectivity index (χ1v) is 9.82. The Kier molecular flexibility index (Phi) is 4.47. The largest absolute Gasteiger partial charge is 0.351 e. The van der Waals surface area contributed by atoms with Gasteiger partial charge in [-0.2, -0.15) is 0 Å². The highest BCUT2D eigenvalue weighted by Gasteiger charge is 2.41. The minimum atomic E-state index is -3.05. The maximum atomic E-state index is 12.2.